The maximum atomic E-state index is 14.2. The summed E-state index contributed by atoms with van der Waals surface area (Å²) in [5.41, 5.74) is 0.388. The smallest absolute Gasteiger partial charge is 0.290 e. The number of likely N-dealkylation sites (tertiary alicyclic amines) is 1. The Hall–Kier alpha value is -1.90. The molecule has 0 aliphatic carbocycles. The Labute approximate surface area is 145 Å². The number of fused-ring (bicyclic) bond motifs is 1. The fourth-order valence-corrected chi connectivity index (χ4v) is 3.55. The van der Waals surface area contributed by atoms with Crippen molar-refractivity contribution in [3.63, 3.8) is 0 Å². The molecule has 8 heteroatoms. The van der Waals surface area contributed by atoms with Crippen molar-refractivity contribution in [2.45, 2.75) is 6.54 Å². The van der Waals surface area contributed by atoms with Crippen molar-refractivity contribution in [2.24, 2.45) is 11.3 Å². The van der Waals surface area contributed by atoms with E-state index in [0.717, 1.165) is 13.1 Å². The van der Waals surface area contributed by atoms with Gasteiger partial charge in [0.15, 0.2) is 11.5 Å². The molecule has 2 saturated heterocycles. The van der Waals surface area contributed by atoms with Crippen LogP contribution in [0.4, 0.5) is 4.39 Å². The molecule has 2 N–H and O–H groups in total. The van der Waals surface area contributed by atoms with Crippen LogP contribution in [-0.4, -0.2) is 68.7 Å². The van der Waals surface area contributed by atoms with Crippen molar-refractivity contribution in [2.75, 3.05) is 47.1 Å². The predicted octanol–water partition coefficient (Wildman–Crippen LogP) is 0.984. The summed E-state index contributed by atoms with van der Waals surface area (Å²) in [4.78, 5) is 10.5. The second-order valence-corrected chi connectivity index (χ2v) is 6.31. The van der Waals surface area contributed by atoms with Gasteiger partial charge in [-0.2, -0.15) is 0 Å². The fourth-order valence-electron chi connectivity index (χ4n) is 3.55. The lowest BCUT2D eigenvalue weighted by Crippen LogP contribution is -2.34. The SMILES string of the molecule is COc1cc(F)c(CN2C[C@H]3COC[C@@]3(CO)C2)cc1OC.O=CO. The summed E-state index contributed by atoms with van der Waals surface area (Å²) in [6.07, 6.45) is 0. The zero-order chi connectivity index (χ0) is 18.4. The Morgan fingerprint density at radius 3 is 2.60 bits per heavy atom. The highest BCUT2D eigenvalue weighted by atomic mass is 19.1. The molecule has 1 aromatic carbocycles. The highest BCUT2D eigenvalue weighted by molar-refractivity contribution is 5.43. The third-order valence-electron chi connectivity index (χ3n) is 4.85. The van der Waals surface area contributed by atoms with Crippen LogP contribution in [0.1, 0.15) is 5.56 Å². The van der Waals surface area contributed by atoms with Gasteiger partial charge in [0, 0.05) is 42.6 Å². The lowest BCUT2D eigenvalue weighted by molar-refractivity contribution is -0.122. The number of methoxy groups -OCH3 is 2. The van der Waals surface area contributed by atoms with Crippen molar-refractivity contribution < 1.29 is 33.6 Å². The van der Waals surface area contributed by atoms with Gasteiger partial charge >= 0.3 is 0 Å². The molecule has 2 aliphatic heterocycles. The normalized spacial score (nSPS) is 25.0. The van der Waals surface area contributed by atoms with Crippen LogP contribution in [-0.2, 0) is 16.1 Å². The third kappa shape index (κ3) is 4.02. The van der Waals surface area contributed by atoms with Gasteiger partial charge in [-0.05, 0) is 6.07 Å². The van der Waals surface area contributed by atoms with Crippen LogP contribution >= 0.6 is 0 Å². The first-order chi connectivity index (χ1) is 12.0. The zero-order valence-electron chi connectivity index (χ0n) is 14.4. The number of benzene rings is 1. The lowest BCUT2D eigenvalue weighted by atomic mass is 9.82. The van der Waals surface area contributed by atoms with Gasteiger partial charge in [0.05, 0.1) is 34.0 Å². The van der Waals surface area contributed by atoms with Crippen LogP contribution in [0.2, 0.25) is 0 Å². The van der Waals surface area contributed by atoms with Gasteiger partial charge in [-0.3, -0.25) is 9.69 Å². The van der Waals surface area contributed by atoms with Crippen LogP contribution < -0.4 is 9.47 Å². The van der Waals surface area contributed by atoms with Gasteiger partial charge in [0.25, 0.3) is 6.47 Å². The fraction of sp³-hybridized carbons (Fsp3) is 0.588. The Balaban J connectivity index is 0.000000701. The van der Waals surface area contributed by atoms with Gasteiger partial charge in [0.1, 0.15) is 5.82 Å². The minimum absolute atomic E-state index is 0.114. The first kappa shape index (κ1) is 19.4. The number of aliphatic hydroxyl groups excluding tert-OH is 1. The number of halogens is 1. The van der Waals surface area contributed by atoms with Crippen LogP contribution in [0, 0.1) is 17.2 Å². The van der Waals surface area contributed by atoms with E-state index in [2.05, 4.69) is 4.90 Å². The molecule has 0 amide bonds. The highest BCUT2D eigenvalue weighted by Gasteiger charge is 2.50. The van der Waals surface area contributed by atoms with Crippen LogP contribution in [0.5, 0.6) is 11.5 Å². The molecule has 2 aliphatic rings. The molecule has 7 nitrogen and oxygen atoms in total. The van der Waals surface area contributed by atoms with Crippen LogP contribution in [0.15, 0.2) is 12.1 Å². The van der Waals surface area contributed by atoms with Gasteiger partial charge < -0.3 is 24.4 Å². The Morgan fingerprint density at radius 1 is 1.40 bits per heavy atom. The van der Waals surface area contributed by atoms with Gasteiger partial charge in [-0.1, -0.05) is 0 Å². The molecule has 0 radical (unpaired) electrons. The Kier molecular flexibility index (Phi) is 6.57. The summed E-state index contributed by atoms with van der Waals surface area (Å²) in [6, 6.07) is 3.04. The van der Waals surface area contributed by atoms with E-state index in [1.165, 1.54) is 20.3 Å². The predicted molar refractivity (Wildman–Crippen MR) is 87.3 cm³/mol. The number of rotatable bonds is 5. The summed E-state index contributed by atoms with van der Waals surface area (Å²) in [5.74, 6) is 0.936. The Bertz CT molecular complexity index is 599. The summed E-state index contributed by atoms with van der Waals surface area (Å²) in [5, 5.41) is 16.6. The number of hydrogen-bond donors (Lipinski definition) is 2. The molecule has 0 bridgehead atoms. The number of aliphatic hydroxyl groups is 1. The number of nitrogens with zero attached hydrogens (tertiary/aromatic N) is 1. The second kappa shape index (κ2) is 8.46. The molecule has 0 spiro atoms. The van der Waals surface area contributed by atoms with Crippen LogP contribution in [0.25, 0.3) is 0 Å². The van der Waals surface area contributed by atoms with Gasteiger partial charge in [-0.15, -0.1) is 0 Å². The minimum Gasteiger partial charge on any atom is -0.493 e. The largest absolute Gasteiger partial charge is 0.493 e. The zero-order valence-corrected chi connectivity index (χ0v) is 14.4. The number of hydrogen-bond acceptors (Lipinski definition) is 6. The van der Waals surface area contributed by atoms with Crippen molar-refractivity contribution in [1.29, 1.82) is 0 Å². The van der Waals surface area contributed by atoms with E-state index in [-0.39, 0.29) is 24.3 Å². The molecular weight excluding hydrogens is 333 g/mol. The Morgan fingerprint density at radius 2 is 2.04 bits per heavy atom. The van der Waals surface area contributed by atoms with E-state index in [1.54, 1.807) is 6.07 Å². The third-order valence-corrected chi connectivity index (χ3v) is 4.85. The maximum absolute atomic E-state index is 14.2. The van der Waals surface area contributed by atoms with Crippen molar-refractivity contribution in [3.05, 3.63) is 23.5 Å². The van der Waals surface area contributed by atoms with E-state index < -0.39 is 0 Å². The van der Waals surface area contributed by atoms with Gasteiger partial charge in [0.2, 0.25) is 0 Å². The second-order valence-electron chi connectivity index (χ2n) is 6.31. The van der Waals surface area contributed by atoms with E-state index in [4.69, 9.17) is 24.1 Å². The molecular formula is C17H24FNO6. The molecule has 3 rings (SSSR count). The average molecular weight is 357 g/mol. The summed E-state index contributed by atoms with van der Waals surface area (Å²) < 4.78 is 30.1. The van der Waals surface area contributed by atoms with Gasteiger partial charge in [-0.25, -0.2) is 4.39 Å². The molecule has 0 aromatic heterocycles. The molecule has 140 valence electrons. The molecule has 2 atom stereocenters. The van der Waals surface area contributed by atoms with E-state index >= 15 is 0 Å². The molecule has 1 aromatic rings. The van der Waals surface area contributed by atoms with E-state index in [0.29, 0.717) is 42.7 Å². The molecule has 2 heterocycles. The van der Waals surface area contributed by atoms with Crippen molar-refractivity contribution in [3.8, 4) is 11.5 Å². The topological polar surface area (TPSA) is 88.5 Å². The van der Waals surface area contributed by atoms with E-state index in [9.17, 15) is 9.50 Å². The van der Waals surface area contributed by atoms with Crippen molar-refractivity contribution in [1.82, 2.24) is 4.90 Å². The average Bonchev–Trinajstić information content (AvgIpc) is 3.14. The number of carboxylic acid groups (broad SMARTS) is 1. The first-order valence-corrected chi connectivity index (χ1v) is 7.92. The maximum Gasteiger partial charge on any atom is 0.290 e. The monoisotopic (exact) mass is 357 g/mol. The van der Waals surface area contributed by atoms with E-state index in [1.807, 2.05) is 0 Å². The standard InChI is InChI=1S/C16H22FNO4.CH2O2/c1-20-14-3-11(13(17)4-15(14)21-2)5-18-6-12-7-22-10-16(12,8-18)9-19;2-1-3/h3-4,12,19H,5-10H2,1-2H3;1H,(H,2,3)/t12-,16-;/m0./s1. The van der Waals surface area contributed by atoms with Crippen LogP contribution in [0.3, 0.4) is 0 Å². The molecule has 25 heavy (non-hydrogen) atoms. The summed E-state index contributed by atoms with van der Waals surface area (Å²) in [7, 11) is 3.03. The lowest BCUT2D eigenvalue weighted by Gasteiger charge is -2.24. The minimum atomic E-state index is -0.302. The summed E-state index contributed by atoms with van der Waals surface area (Å²) in [6.45, 7) is 3.15. The molecule has 2 fully saturated rings. The quantitative estimate of drug-likeness (QED) is 0.760. The first-order valence-electron chi connectivity index (χ1n) is 7.92. The molecule has 0 saturated carbocycles. The van der Waals surface area contributed by atoms with Crippen molar-refractivity contribution >= 4 is 6.47 Å². The number of ether oxygens (including phenoxy) is 3. The molecule has 0 unspecified atom stereocenters. The highest BCUT2D eigenvalue weighted by Crippen LogP contribution is 2.41. The summed E-state index contributed by atoms with van der Waals surface area (Å²) >= 11 is 0. The number of carbonyl (C=O) groups is 1.